The quantitative estimate of drug-likeness (QED) is 0.360. The van der Waals surface area contributed by atoms with E-state index in [1.807, 2.05) is 85.7 Å². The molecule has 0 N–H and O–H groups in total. The van der Waals surface area contributed by atoms with Gasteiger partial charge in [-0.1, -0.05) is 48.5 Å². The van der Waals surface area contributed by atoms with Gasteiger partial charge >= 0.3 is 0 Å². The number of ketones is 1. The molecule has 0 bridgehead atoms. The van der Waals surface area contributed by atoms with Gasteiger partial charge in [-0.2, -0.15) is 0 Å². The molecule has 128 valence electrons. The summed E-state index contributed by atoms with van der Waals surface area (Å²) < 4.78 is 5.77. The molecule has 0 spiro atoms. The lowest BCUT2D eigenvalue weighted by Gasteiger charge is -2.11. The molecule has 3 aromatic carbocycles. The van der Waals surface area contributed by atoms with Crippen LogP contribution < -0.4 is 4.90 Å². The van der Waals surface area contributed by atoms with Crippen LogP contribution in [-0.4, -0.2) is 19.9 Å². The minimum Gasteiger partial charge on any atom is -0.453 e. The maximum atomic E-state index is 12.5. The van der Waals surface area contributed by atoms with Crippen LogP contribution in [0.3, 0.4) is 0 Å². The normalized spacial score (nSPS) is 11.5. The van der Waals surface area contributed by atoms with E-state index in [1.165, 1.54) is 0 Å². The third kappa shape index (κ3) is 3.00. The Morgan fingerprint density at radius 1 is 0.923 bits per heavy atom. The van der Waals surface area contributed by atoms with Crippen LogP contribution in [0.5, 0.6) is 0 Å². The van der Waals surface area contributed by atoms with E-state index in [2.05, 4.69) is 6.07 Å². The molecule has 0 amide bonds. The topological polar surface area (TPSA) is 33.5 Å². The number of rotatable bonds is 4. The fourth-order valence-corrected chi connectivity index (χ4v) is 3.05. The van der Waals surface area contributed by atoms with E-state index < -0.39 is 0 Å². The van der Waals surface area contributed by atoms with E-state index in [0.29, 0.717) is 5.76 Å². The predicted octanol–water partition coefficient (Wildman–Crippen LogP) is 5.55. The largest absolute Gasteiger partial charge is 0.453 e. The van der Waals surface area contributed by atoms with Gasteiger partial charge < -0.3 is 9.32 Å². The van der Waals surface area contributed by atoms with Crippen LogP contribution in [0.1, 0.15) is 16.1 Å². The van der Waals surface area contributed by atoms with Crippen LogP contribution in [0, 0.1) is 0 Å². The van der Waals surface area contributed by atoms with E-state index >= 15 is 0 Å². The molecule has 26 heavy (non-hydrogen) atoms. The molecule has 0 radical (unpaired) electrons. The number of hydrogen-bond donors (Lipinski definition) is 0. The zero-order valence-electron chi connectivity index (χ0n) is 14.8. The van der Waals surface area contributed by atoms with Crippen molar-refractivity contribution in [3.05, 3.63) is 84.1 Å². The van der Waals surface area contributed by atoms with Crippen LogP contribution in [0.2, 0.25) is 0 Å². The Hall–Kier alpha value is -3.33. The monoisotopic (exact) mass is 341 g/mol. The fraction of sp³-hybridized carbons (Fsp3) is 0.0870. The SMILES string of the molecule is CN(C)c1ccc(/C=C/C(=O)c2cc3c(ccc4ccccc43)o2)cc1. The number of anilines is 1. The van der Waals surface area contributed by atoms with Gasteiger partial charge in [-0.05, 0) is 46.7 Å². The van der Waals surface area contributed by atoms with E-state index in [-0.39, 0.29) is 5.78 Å². The van der Waals surface area contributed by atoms with Gasteiger partial charge in [-0.3, -0.25) is 4.79 Å². The second-order valence-corrected chi connectivity index (χ2v) is 6.49. The first-order valence-electron chi connectivity index (χ1n) is 8.53. The number of carbonyl (C=O) groups excluding carboxylic acids is 1. The number of furan rings is 1. The van der Waals surface area contributed by atoms with Crippen LogP contribution >= 0.6 is 0 Å². The molecule has 0 aliphatic rings. The summed E-state index contributed by atoms with van der Waals surface area (Å²) >= 11 is 0. The Morgan fingerprint density at radius 3 is 2.46 bits per heavy atom. The Kier molecular flexibility index (Phi) is 4.05. The summed E-state index contributed by atoms with van der Waals surface area (Å²) in [5, 5.41) is 3.20. The van der Waals surface area contributed by atoms with E-state index in [1.54, 1.807) is 6.08 Å². The molecule has 1 aromatic heterocycles. The summed E-state index contributed by atoms with van der Waals surface area (Å²) in [6.07, 6.45) is 3.37. The molecule has 3 nitrogen and oxygen atoms in total. The molecule has 0 unspecified atom stereocenters. The van der Waals surface area contributed by atoms with Gasteiger partial charge in [-0.15, -0.1) is 0 Å². The van der Waals surface area contributed by atoms with Gasteiger partial charge in [0.2, 0.25) is 5.78 Å². The van der Waals surface area contributed by atoms with Crippen molar-refractivity contribution >= 4 is 39.3 Å². The molecule has 0 atom stereocenters. The Labute approximate surface area is 152 Å². The highest BCUT2D eigenvalue weighted by molar-refractivity contribution is 6.11. The van der Waals surface area contributed by atoms with E-state index in [9.17, 15) is 4.79 Å². The molecule has 1 heterocycles. The molecule has 0 saturated heterocycles. The maximum Gasteiger partial charge on any atom is 0.221 e. The third-order valence-electron chi connectivity index (χ3n) is 4.51. The van der Waals surface area contributed by atoms with Crippen LogP contribution in [0.15, 0.2) is 77.2 Å². The van der Waals surface area contributed by atoms with Gasteiger partial charge in [0.15, 0.2) is 5.76 Å². The number of nitrogens with zero attached hydrogens (tertiary/aromatic N) is 1. The molecular weight excluding hydrogens is 322 g/mol. The summed E-state index contributed by atoms with van der Waals surface area (Å²) in [6, 6.07) is 21.9. The molecule has 0 fully saturated rings. The Morgan fingerprint density at radius 2 is 1.69 bits per heavy atom. The number of fused-ring (bicyclic) bond motifs is 3. The number of benzene rings is 3. The lowest BCUT2D eigenvalue weighted by atomic mass is 10.1. The second-order valence-electron chi connectivity index (χ2n) is 6.49. The minimum atomic E-state index is -0.137. The van der Waals surface area contributed by atoms with Gasteiger partial charge in [0.25, 0.3) is 0 Å². The Balaban J connectivity index is 1.62. The number of allylic oxidation sites excluding steroid dienone is 1. The molecule has 3 heteroatoms. The summed E-state index contributed by atoms with van der Waals surface area (Å²) in [5.74, 6) is 0.222. The predicted molar refractivity (Wildman–Crippen MR) is 108 cm³/mol. The molecule has 4 rings (SSSR count). The van der Waals surface area contributed by atoms with Crippen molar-refractivity contribution in [2.75, 3.05) is 19.0 Å². The van der Waals surface area contributed by atoms with E-state index in [0.717, 1.165) is 33.0 Å². The highest BCUT2D eigenvalue weighted by Crippen LogP contribution is 2.28. The minimum absolute atomic E-state index is 0.137. The summed E-state index contributed by atoms with van der Waals surface area (Å²) in [7, 11) is 4.00. The molecule has 0 saturated carbocycles. The zero-order chi connectivity index (χ0) is 18.1. The molecule has 4 aromatic rings. The Bertz CT molecular complexity index is 1120. The number of carbonyl (C=O) groups is 1. The average Bonchev–Trinajstić information content (AvgIpc) is 3.11. The summed E-state index contributed by atoms with van der Waals surface area (Å²) in [6.45, 7) is 0. The first kappa shape index (κ1) is 16.2. The summed E-state index contributed by atoms with van der Waals surface area (Å²) in [5.41, 5.74) is 2.83. The van der Waals surface area contributed by atoms with Gasteiger partial charge in [-0.25, -0.2) is 0 Å². The van der Waals surface area contributed by atoms with Crippen LogP contribution in [0.25, 0.3) is 27.8 Å². The van der Waals surface area contributed by atoms with Crippen molar-refractivity contribution in [2.24, 2.45) is 0 Å². The first-order valence-corrected chi connectivity index (χ1v) is 8.53. The standard InChI is InChI=1S/C23H19NO2/c1-24(2)18-11-7-16(8-12-18)9-13-21(25)23-15-20-19-6-4-3-5-17(19)10-14-22(20)26-23/h3-15H,1-2H3/b13-9+. The maximum absolute atomic E-state index is 12.5. The zero-order valence-corrected chi connectivity index (χ0v) is 14.8. The second kappa shape index (κ2) is 6.52. The smallest absolute Gasteiger partial charge is 0.221 e. The van der Waals surface area contributed by atoms with Crippen molar-refractivity contribution in [2.45, 2.75) is 0 Å². The van der Waals surface area contributed by atoms with Crippen LogP contribution in [0.4, 0.5) is 5.69 Å². The van der Waals surface area contributed by atoms with Gasteiger partial charge in [0, 0.05) is 25.2 Å². The van der Waals surface area contributed by atoms with Crippen molar-refractivity contribution < 1.29 is 9.21 Å². The van der Waals surface area contributed by atoms with Crippen molar-refractivity contribution in [3.63, 3.8) is 0 Å². The molecule has 0 aliphatic heterocycles. The van der Waals surface area contributed by atoms with Gasteiger partial charge in [0.05, 0.1) is 0 Å². The van der Waals surface area contributed by atoms with Crippen molar-refractivity contribution in [1.82, 2.24) is 0 Å². The molecule has 0 aliphatic carbocycles. The lowest BCUT2D eigenvalue weighted by Crippen LogP contribution is -2.07. The van der Waals surface area contributed by atoms with Gasteiger partial charge in [0.1, 0.15) is 5.58 Å². The van der Waals surface area contributed by atoms with Crippen molar-refractivity contribution in [1.29, 1.82) is 0 Å². The lowest BCUT2D eigenvalue weighted by molar-refractivity contribution is 0.102. The fourth-order valence-electron chi connectivity index (χ4n) is 3.05. The van der Waals surface area contributed by atoms with Crippen molar-refractivity contribution in [3.8, 4) is 0 Å². The molecular formula is C23H19NO2. The first-order chi connectivity index (χ1) is 12.6. The highest BCUT2D eigenvalue weighted by Gasteiger charge is 2.11. The average molecular weight is 341 g/mol. The van der Waals surface area contributed by atoms with Crippen LogP contribution in [-0.2, 0) is 0 Å². The van der Waals surface area contributed by atoms with E-state index in [4.69, 9.17) is 4.42 Å². The summed E-state index contributed by atoms with van der Waals surface area (Å²) in [4.78, 5) is 14.5. The number of hydrogen-bond acceptors (Lipinski definition) is 3. The highest BCUT2D eigenvalue weighted by atomic mass is 16.3. The third-order valence-corrected chi connectivity index (χ3v) is 4.51.